The topological polar surface area (TPSA) is 79.0 Å². The quantitative estimate of drug-likeness (QED) is 0.553. The Morgan fingerprint density at radius 2 is 1.84 bits per heavy atom. The minimum atomic E-state index is -0.704. The lowest BCUT2D eigenvalue weighted by Gasteiger charge is -2.32. The smallest absolute Gasteiger partial charge is 0.251 e. The summed E-state index contributed by atoms with van der Waals surface area (Å²) in [5, 5.41) is 3.08. The number of ketones is 1. The molecule has 204 valence electrons. The van der Waals surface area contributed by atoms with Gasteiger partial charge in [0.05, 0.1) is 11.4 Å². The maximum Gasteiger partial charge on any atom is 0.251 e. The number of carbonyl (C=O) groups excluding carboxylic acids is 3. The van der Waals surface area contributed by atoms with Crippen LogP contribution in [0.5, 0.6) is 0 Å². The van der Waals surface area contributed by atoms with Crippen LogP contribution in [0.1, 0.15) is 75.2 Å². The summed E-state index contributed by atoms with van der Waals surface area (Å²) in [7, 11) is 0. The van der Waals surface area contributed by atoms with Crippen molar-refractivity contribution in [3.8, 4) is 0 Å². The third-order valence-corrected chi connectivity index (χ3v) is 8.94. The first kappa shape index (κ1) is 28.1. The Bertz CT molecular complexity index is 968. The minimum absolute atomic E-state index is 0.0492. The number of benzene rings is 1. The number of amides is 2. The lowest BCUT2D eigenvalue weighted by Crippen LogP contribution is -2.53. The largest absolute Gasteiger partial charge is 0.367 e. The molecular weight excluding hydrogens is 486 g/mol. The molecule has 0 unspecified atom stereocenters. The van der Waals surface area contributed by atoms with Gasteiger partial charge in [-0.2, -0.15) is 11.8 Å². The number of rotatable bonds is 8. The first-order valence-corrected chi connectivity index (χ1v) is 15.0. The second-order valence-corrected chi connectivity index (χ2v) is 13.1. The van der Waals surface area contributed by atoms with E-state index in [4.69, 9.17) is 4.74 Å². The van der Waals surface area contributed by atoms with Gasteiger partial charge in [-0.1, -0.05) is 39.8 Å². The van der Waals surface area contributed by atoms with E-state index in [0.29, 0.717) is 24.4 Å². The molecule has 0 saturated carbocycles. The predicted molar refractivity (Wildman–Crippen MR) is 148 cm³/mol. The molecule has 0 aromatic heterocycles. The molecule has 1 N–H and O–H groups in total. The van der Waals surface area contributed by atoms with Crippen LogP contribution < -0.4 is 5.32 Å². The number of hydrogen-bond donors (Lipinski definition) is 1. The predicted octanol–water partition coefficient (Wildman–Crippen LogP) is 3.72. The molecule has 0 radical (unpaired) electrons. The number of ether oxygens (including phenoxy) is 1. The fourth-order valence-electron chi connectivity index (χ4n) is 6.01. The summed E-state index contributed by atoms with van der Waals surface area (Å²) in [6.45, 7) is 12.3. The van der Waals surface area contributed by atoms with Crippen LogP contribution in [-0.2, 0) is 14.3 Å². The van der Waals surface area contributed by atoms with Crippen molar-refractivity contribution in [2.45, 2.75) is 82.7 Å². The van der Waals surface area contributed by atoms with E-state index >= 15 is 0 Å². The fraction of sp³-hybridized carbons (Fsp3) is 0.690. The molecule has 3 fully saturated rings. The number of nitrogens with one attached hydrogen (secondary N) is 1. The molecule has 7 nitrogen and oxygen atoms in total. The van der Waals surface area contributed by atoms with E-state index in [1.54, 1.807) is 16.7 Å². The van der Waals surface area contributed by atoms with Gasteiger partial charge in [0.1, 0.15) is 18.7 Å². The molecular formula is C29H43N3O4S. The van der Waals surface area contributed by atoms with Crippen molar-refractivity contribution < 1.29 is 19.1 Å². The molecule has 4 rings (SSSR count). The summed E-state index contributed by atoms with van der Waals surface area (Å²) in [6.07, 6.45) is 5.68. The standard InChI is InChI=1S/C29H43N3O4S/c1-6-13-31-14-11-20(12-15-31)19-7-9-21(10-8-19)27(34)30-22(16-29(2,3)4)28(35)32-17-24(37-5)26-25(32)23(33)18-36-26/h7-10,20,22,24-26H,6,11-18H2,1-5H3,(H,30,34)/t22-,24-,25+,26+/m0/s1. The number of nitrogens with zero attached hydrogens (tertiary/aromatic N) is 2. The number of Topliss-reactive ketones (excluding diaryl/α,β-unsaturated/α-hetero) is 1. The fourth-order valence-corrected chi connectivity index (χ4v) is 6.82. The van der Waals surface area contributed by atoms with Crippen molar-refractivity contribution in [3.63, 3.8) is 0 Å². The van der Waals surface area contributed by atoms with Gasteiger partial charge in [-0.25, -0.2) is 0 Å². The van der Waals surface area contributed by atoms with Crippen LogP contribution in [0.2, 0.25) is 0 Å². The van der Waals surface area contributed by atoms with Crippen LogP contribution in [0, 0.1) is 5.41 Å². The SMILES string of the molecule is CCCN1CCC(c2ccc(C(=O)N[C@@H](CC(C)(C)C)C(=O)N3C[C@H](SC)[C@H]4OCC(=O)[C@H]43)cc2)CC1. The van der Waals surface area contributed by atoms with Gasteiger partial charge in [0.15, 0.2) is 5.78 Å². The van der Waals surface area contributed by atoms with Crippen molar-refractivity contribution in [1.29, 1.82) is 0 Å². The highest BCUT2D eigenvalue weighted by atomic mass is 32.2. The molecule has 0 spiro atoms. The third-order valence-electron chi connectivity index (χ3n) is 7.92. The molecule has 3 saturated heterocycles. The van der Waals surface area contributed by atoms with Crippen LogP contribution in [0.15, 0.2) is 24.3 Å². The van der Waals surface area contributed by atoms with Crippen LogP contribution in [-0.4, -0.2) is 89.9 Å². The number of hydrogen-bond acceptors (Lipinski definition) is 6. The highest BCUT2D eigenvalue weighted by Crippen LogP contribution is 2.35. The number of likely N-dealkylation sites (tertiary alicyclic amines) is 2. The van der Waals surface area contributed by atoms with Crippen molar-refractivity contribution >= 4 is 29.4 Å². The number of fused-ring (bicyclic) bond motifs is 1. The van der Waals surface area contributed by atoms with E-state index in [1.807, 2.05) is 18.4 Å². The highest BCUT2D eigenvalue weighted by Gasteiger charge is 2.53. The average molecular weight is 530 g/mol. The van der Waals surface area contributed by atoms with Crippen molar-refractivity contribution in [1.82, 2.24) is 15.1 Å². The van der Waals surface area contributed by atoms with E-state index in [9.17, 15) is 14.4 Å². The van der Waals surface area contributed by atoms with E-state index < -0.39 is 12.1 Å². The van der Waals surface area contributed by atoms with Gasteiger partial charge in [-0.05, 0) is 80.6 Å². The van der Waals surface area contributed by atoms with Gasteiger partial charge in [0, 0.05) is 12.1 Å². The first-order valence-electron chi connectivity index (χ1n) is 13.7. The monoisotopic (exact) mass is 529 g/mol. The van der Waals surface area contributed by atoms with Crippen molar-refractivity contribution in [2.24, 2.45) is 5.41 Å². The van der Waals surface area contributed by atoms with Crippen molar-refractivity contribution in [3.05, 3.63) is 35.4 Å². The number of carbonyl (C=O) groups is 3. The summed E-state index contributed by atoms with van der Waals surface area (Å²) < 4.78 is 5.73. The number of thioether (sulfide) groups is 1. The zero-order valence-corrected chi connectivity index (χ0v) is 23.8. The Hall–Kier alpha value is -1.90. The second kappa shape index (κ2) is 11.9. The van der Waals surface area contributed by atoms with Crippen LogP contribution in [0.25, 0.3) is 0 Å². The van der Waals surface area contributed by atoms with Crippen molar-refractivity contribution in [2.75, 3.05) is 39.0 Å². The van der Waals surface area contributed by atoms with Gasteiger partial charge in [0.25, 0.3) is 5.91 Å². The summed E-state index contributed by atoms with van der Waals surface area (Å²) in [5.74, 6) is 0.0353. The zero-order chi connectivity index (χ0) is 26.7. The maximum absolute atomic E-state index is 13.8. The van der Waals surface area contributed by atoms with Gasteiger partial charge in [0.2, 0.25) is 5.91 Å². The van der Waals surface area contributed by atoms with E-state index in [1.165, 1.54) is 12.0 Å². The van der Waals surface area contributed by atoms with Gasteiger partial charge in [-0.15, -0.1) is 0 Å². The van der Waals surface area contributed by atoms with Crippen LogP contribution in [0.3, 0.4) is 0 Å². The molecule has 4 atom stereocenters. The Morgan fingerprint density at radius 3 is 2.43 bits per heavy atom. The molecule has 0 bridgehead atoms. The van der Waals surface area contributed by atoms with E-state index in [-0.39, 0.29) is 41.0 Å². The maximum atomic E-state index is 13.8. The lowest BCUT2D eigenvalue weighted by atomic mass is 9.87. The average Bonchev–Trinajstić information content (AvgIpc) is 3.43. The molecule has 37 heavy (non-hydrogen) atoms. The Balaban J connectivity index is 1.44. The van der Waals surface area contributed by atoms with Crippen LogP contribution in [0.4, 0.5) is 0 Å². The molecule has 8 heteroatoms. The zero-order valence-electron chi connectivity index (χ0n) is 23.0. The first-order chi connectivity index (χ1) is 17.6. The molecule has 1 aromatic carbocycles. The molecule has 3 aliphatic heterocycles. The molecule has 2 amide bonds. The summed E-state index contributed by atoms with van der Waals surface area (Å²) in [4.78, 5) is 43.8. The normalized spacial score (nSPS) is 25.8. The molecule has 1 aromatic rings. The number of piperidine rings is 1. The van der Waals surface area contributed by atoms with Gasteiger partial charge in [-0.3, -0.25) is 14.4 Å². The molecule has 3 heterocycles. The summed E-state index contributed by atoms with van der Waals surface area (Å²) >= 11 is 1.62. The van der Waals surface area contributed by atoms with Crippen LogP contribution >= 0.6 is 11.8 Å². The third kappa shape index (κ3) is 6.58. The van der Waals surface area contributed by atoms with E-state index in [2.05, 4.69) is 50.0 Å². The summed E-state index contributed by atoms with van der Waals surface area (Å²) in [5.41, 5.74) is 1.65. The van der Waals surface area contributed by atoms with E-state index in [0.717, 1.165) is 32.5 Å². The lowest BCUT2D eigenvalue weighted by molar-refractivity contribution is -0.138. The van der Waals surface area contributed by atoms with Gasteiger partial charge >= 0.3 is 0 Å². The Labute approximate surface area is 226 Å². The highest BCUT2D eigenvalue weighted by molar-refractivity contribution is 7.99. The minimum Gasteiger partial charge on any atom is -0.367 e. The molecule has 0 aliphatic carbocycles. The summed E-state index contributed by atoms with van der Waals surface area (Å²) in [6, 6.07) is 6.64. The van der Waals surface area contributed by atoms with Gasteiger partial charge < -0.3 is 19.9 Å². The Morgan fingerprint density at radius 1 is 1.16 bits per heavy atom. The molecule has 3 aliphatic rings. The Kier molecular flexibility index (Phi) is 9.02. The second-order valence-electron chi connectivity index (χ2n) is 12.0.